The van der Waals surface area contributed by atoms with E-state index in [1.807, 2.05) is 0 Å². The summed E-state index contributed by atoms with van der Waals surface area (Å²) in [6.45, 7) is 20.9. The summed E-state index contributed by atoms with van der Waals surface area (Å²) >= 11 is 0. The lowest BCUT2D eigenvalue weighted by molar-refractivity contribution is 0.266. The second kappa shape index (κ2) is 17.4. The molecule has 0 radical (unpaired) electrons. The van der Waals surface area contributed by atoms with Crippen LogP contribution in [0.2, 0.25) is 0 Å². The Morgan fingerprint density at radius 3 is 1.28 bits per heavy atom. The summed E-state index contributed by atoms with van der Waals surface area (Å²) < 4.78 is 14.0. The maximum atomic E-state index is 7.00. The number of benzene rings is 9. The maximum Gasteiger partial charge on any atom is 0.137 e. The molecule has 374 valence electrons. The maximum absolute atomic E-state index is 7.00. The molecule has 13 rings (SSSR count). The molecule has 0 saturated carbocycles. The number of rotatable bonds is 8. The first-order chi connectivity index (χ1) is 36.5. The van der Waals surface area contributed by atoms with E-state index < -0.39 is 0 Å². The van der Waals surface area contributed by atoms with Crippen molar-refractivity contribution in [2.45, 2.75) is 85.0 Å². The van der Waals surface area contributed by atoms with E-state index in [1.165, 1.54) is 61.0 Å². The predicted octanol–water partition coefficient (Wildman–Crippen LogP) is 20.6. The van der Waals surface area contributed by atoms with E-state index in [0.717, 1.165) is 73.8 Å². The fraction of sp³-hybridized carbons (Fsp3) is 0.194. The fourth-order valence-corrected chi connectivity index (χ4v) is 12.2. The molecule has 0 spiro atoms. The molecule has 1 atom stereocenters. The van der Waals surface area contributed by atoms with Crippen LogP contribution in [0.4, 0.5) is 34.1 Å². The molecular weight excluding hydrogens is 925 g/mol. The van der Waals surface area contributed by atoms with Gasteiger partial charge in [-0.25, -0.2) is 0 Å². The highest BCUT2D eigenvalue weighted by molar-refractivity contribution is 6.09. The van der Waals surface area contributed by atoms with Gasteiger partial charge in [0, 0.05) is 78.8 Å². The number of hydrogen-bond donors (Lipinski definition) is 0. The third-order valence-electron chi connectivity index (χ3n) is 17.1. The SMILES string of the molecule is CC(C)(C)c1ccc(N(c2ccc(-c3ccccc3)cc2)c2ccc3c4c(oc3c2)C=C2c3cc5oc6cc(N(c7ccc(-c8ccccc8)cc7)c7ccc(C(C)(C)C)cc7)ccc6c5cc3C(C)(C)C2(C)C4)cc1. The third-order valence-corrected chi connectivity index (χ3v) is 17.1. The first-order valence-corrected chi connectivity index (χ1v) is 26.9. The van der Waals surface area contributed by atoms with Gasteiger partial charge in [-0.1, -0.05) is 172 Å². The minimum Gasteiger partial charge on any atom is -0.456 e. The molecule has 4 heteroatoms. The van der Waals surface area contributed by atoms with E-state index in [4.69, 9.17) is 8.83 Å². The summed E-state index contributed by atoms with van der Waals surface area (Å²) in [5, 5.41) is 3.44. The van der Waals surface area contributed by atoms with Gasteiger partial charge in [-0.05, 0) is 158 Å². The van der Waals surface area contributed by atoms with Crippen LogP contribution in [0.3, 0.4) is 0 Å². The summed E-state index contributed by atoms with van der Waals surface area (Å²) in [5.41, 5.74) is 21.4. The lowest BCUT2D eigenvalue weighted by Crippen LogP contribution is -2.37. The zero-order valence-corrected chi connectivity index (χ0v) is 45.1. The minimum atomic E-state index is -0.184. The van der Waals surface area contributed by atoms with Gasteiger partial charge in [0.05, 0.1) is 0 Å². The van der Waals surface area contributed by atoms with Gasteiger partial charge in [0.25, 0.3) is 0 Å². The second-order valence-electron chi connectivity index (χ2n) is 24.1. The van der Waals surface area contributed by atoms with Gasteiger partial charge in [0.15, 0.2) is 0 Å². The highest BCUT2D eigenvalue weighted by Crippen LogP contribution is 2.63. The molecule has 2 aromatic heterocycles. The van der Waals surface area contributed by atoms with Crippen LogP contribution in [0.25, 0.3) is 66.8 Å². The van der Waals surface area contributed by atoms with Crippen LogP contribution in [0, 0.1) is 5.41 Å². The van der Waals surface area contributed by atoms with Crippen LogP contribution in [-0.2, 0) is 22.7 Å². The van der Waals surface area contributed by atoms with Crippen molar-refractivity contribution in [2.24, 2.45) is 5.41 Å². The van der Waals surface area contributed by atoms with Crippen molar-refractivity contribution in [3.63, 3.8) is 0 Å². The number of anilines is 6. The van der Waals surface area contributed by atoms with Crippen molar-refractivity contribution in [1.29, 1.82) is 0 Å². The van der Waals surface area contributed by atoms with Crippen LogP contribution in [0.5, 0.6) is 0 Å². The number of allylic oxidation sites excluding steroid dienone is 1. The van der Waals surface area contributed by atoms with Gasteiger partial charge in [-0.2, -0.15) is 0 Å². The highest BCUT2D eigenvalue weighted by atomic mass is 16.3. The molecule has 1 unspecified atom stereocenters. The molecule has 4 nitrogen and oxygen atoms in total. The largest absolute Gasteiger partial charge is 0.456 e. The highest BCUT2D eigenvalue weighted by Gasteiger charge is 2.54. The molecule has 2 aliphatic carbocycles. The van der Waals surface area contributed by atoms with Crippen molar-refractivity contribution in [3.05, 3.63) is 240 Å². The topological polar surface area (TPSA) is 32.8 Å². The van der Waals surface area contributed by atoms with Gasteiger partial charge in [0.1, 0.15) is 22.5 Å². The normalized spacial score (nSPS) is 15.9. The Balaban J connectivity index is 0.875. The molecule has 2 heterocycles. The fourth-order valence-electron chi connectivity index (χ4n) is 12.2. The molecule has 0 N–H and O–H groups in total. The quantitative estimate of drug-likeness (QED) is 0.152. The Bertz CT molecular complexity index is 4030. The number of hydrogen-bond acceptors (Lipinski definition) is 4. The summed E-state index contributed by atoms with van der Waals surface area (Å²) in [6, 6.07) is 75.3. The first kappa shape index (κ1) is 47.4. The van der Waals surface area contributed by atoms with Gasteiger partial charge < -0.3 is 18.6 Å². The average Bonchev–Trinajstić information content (AvgIpc) is 4.25. The Morgan fingerprint density at radius 1 is 0.395 bits per heavy atom. The van der Waals surface area contributed by atoms with E-state index in [0.29, 0.717) is 0 Å². The monoisotopic (exact) mass is 988 g/mol. The van der Waals surface area contributed by atoms with Crippen molar-refractivity contribution in [1.82, 2.24) is 0 Å². The molecule has 0 fully saturated rings. The molecule has 0 saturated heterocycles. The molecule has 11 aromatic rings. The van der Waals surface area contributed by atoms with E-state index >= 15 is 0 Å². The van der Waals surface area contributed by atoms with E-state index in [1.54, 1.807) is 0 Å². The van der Waals surface area contributed by atoms with Crippen molar-refractivity contribution in [3.8, 4) is 22.3 Å². The molecule has 0 amide bonds. The summed E-state index contributed by atoms with van der Waals surface area (Å²) in [5.74, 6) is 0.943. The van der Waals surface area contributed by atoms with E-state index in [2.05, 4.69) is 284 Å². The summed E-state index contributed by atoms with van der Waals surface area (Å²) in [4.78, 5) is 4.69. The third kappa shape index (κ3) is 7.80. The lowest BCUT2D eigenvalue weighted by atomic mass is 9.61. The van der Waals surface area contributed by atoms with Crippen molar-refractivity contribution < 1.29 is 8.83 Å². The molecule has 76 heavy (non-hydrogen) atoms. The Labute approximate surface area is 447 Å². The Morgan fingerprint density at radius 2 is 0.803 bits per heavy atom. The average molecular weight is 989 g/mol. The van der Waals surface area contributed by atoms with Crippen LogP contribution in [0.15, 0.2) is 215 Å². The van der Waals surface area contributed by atoms with Crippen molar-refractivity contribution >= 4 is 78.7 Å². The number of nitrogens with zero attached hydrogens (tertiary/aromatic N) is 2. The zero-order valence-electron chi connectivity index (χ0n) is 45.1. The van der Waals surface area contributed by atoms with Gasteiger partial charge >= 0.3 is 0 Å². The lowest BCUT2D eigenvalue weighted by Gasteiger charge is -2.41. The number of fused-ring (bicyclic) bond motifs is 9. The molecule has 9 aromatic carbocycles. The molecular formula is C72H64N2O2. The smallest absolute Gasteiger partial charge is 0.137 e. The summed E-state index contributed by atoms with van der Waals surface area (Å²) in [6.07, 6.45) is 3.21. The minimum absolute atomic E-state index is 0.0483. The van der Waals surface area contributed by atoms with Gasteiger partial charge in [-0.15, -0.1) is 0 Å². The van der Waals surface area contributed by atoms with Gasteiger partial charge in [-0.3, -0.25) is 0 Å². The standard InChI is InChI=1S/C72H64N2O2/c1-69(2,3)50-24-32-54(33-25-50)73(52-28-20-48(21-29-52)46-16-12-10-13-17-46)56-36-38-58-60-42-63-61(43-67(60)75-65(58)40-56)64-44-68-62(45-72(64,9)71(63,7)8)59-39-37-57(41-66(59)76-68)74(55-34-26-51(27-35-55)70(4,5)6)53-30-22-49(23-31-53)47-18-14-11-15-19-47/h10-44H,45H2,1-9H3. The van der Waals surface area contributed by atoms with Crippen LogP contribution >= 0.6 is 0 Å². The van der Waals surface area contributed by atoms with E-state index in [9.17, 15) is 0 Å². The molecule has 0 bridgehead atoms. The zero-order chi connectivity index (χ0) is 52.3. The van der Waals surface area contributed by atoms with Crippen LogP contribution in [0.1, 0.15) is 95.9 Å². The number of furan rings is 2. The summed E-state index contributed by atoms with van der Waals surface area (Å²) in [7, 11) is 0. The second-order valence-corrected chi connectivity index (χ2v) is 24.1. The molecule has 0 aliphatic heterocycles. The predicted molar refractivity (Wildman–Crippen MR) is 320 cm³/mol. The first-order valence-electron chi connectivity index (χ1n) is 26.9. The Hall–Kier alpha value is -8.34. The van der Waals surface area contributed by atoms with Crippen LogP contribution in [-0.4, -0.2) is 0 Å². The van der Waals surface area contributed by atoms with Crippen LogP contribution < -0.4 is 9.80 Å². The Kier molecular flexibility index (Phi) is 10.8. The van der Waals surface area contributed by atoms with Gasteiger partial charge in [0.2, 0.25) is 0 Å². The molecule has 2 aliphatic rings. The van der Waals surface area contributed by atoms with Crippen molar-refractivity contribution in [2.75, 3.05) is 9.80 Å². The van der Waals surface area contributed by atoms with E-state index in [-0.39, 0.29) is 21.7 Å².